The van der Waals surface area contributed by atoms with Crippen molar-refractivity contribution in [1.29, 1.82) is 0 Å². The summed E-state index contributed by atoms with van der Waals surface area (Å²) in [7, 11) is 0. The van der Waals surface area contributed by atoms with Gasteiger partial charge in [0.2, 0.25) is 5.88 Å². The van der Waals surface area contributed by atoms with Gasteiger partial charge in [0.25, 0.3) is 0 Å². The number of nitrogens with zero attached hydrogens (tertiary/aromatic N) is 3. The summed E-state index contributed by atoms with van der Waals surface area (Å²) >= 11 is 0. The Hall–Kier alpha value is -3.25. The molecule has 0 radical (unpaired) electrons. The largest absolute Gasteiger partial charge is 0.439 e. The number of nitrogens with one attached hydrogen (secondary N) is 1. The lowest BCUT2D eigenvalue weighted by molar-refractivity contribution is 0.234. The number of amidine groups is 1. The Morgan fingerprint density at radius 1 is 1.16 bits per heavy atom. The molecule has 0 spiro atoms. The maximum absolute atomic E-state index is 9.42. The van der Waals surface area contributed by atoms with Crippen molar-refractivity contribution in [2.24, 2.45) is 4.99 Å². The van der Waals surface area contributed by atoms with Crippen LogP contribution in [0.3, 0.4) is 0 Å². The minimum atomic E-state index is 0.334. The Morgan fingerprint density at radius 3 is 2.84 bits per heavy atom. The van der Waals surface area contributed by atoms with Gasteiger partial charge in [0.05, 0.1) is 6.54 Å². The van der Waals surface area contributed by atoms with Crippen LogP contribution >= 0.6 is 0 Å². The van der Waals surface area contributed by atoms with Crippen LogP contribution in [0.2, 0.25) is 0 Å². The van der Waals surface area contributed by atoms with Crippen LogP contribution in [0.1, 0.15) is 16.7 Å². The van der Waals surface area contributed by atoms with E-state index < -0.39 is 0 Å². The Kier molecular flexibility index (Phi) is 5.33. The lowest BCUT2D eigenvalue weighted by atomic mass is 10.2. The third-order valence-corrected chi connectivity index (χ3v) is 3.47. The number of hydrogen-bond donors (Lipinski definition) is 2. The molecule has 0 aliphatic heterocycles. The summed E-state index contributed by atoms with van der Waals surface area (Å²) < 4.78 is 5.77. The van der Waals surface area contributed by atoms with Crippen molar-refractivity contribution in [3.8, 4) is 11.6 Å². The molecule has 0 bridgehead atoms. The van der Waals surface area contributed by atoms with Gasteiger partial charge in [-0.05, 0) is 42.3 Å². The summed E-state index contributed by atoms with van der Waals surface area (Å²) in [6, 6.07) is 14.9. The van der Waals surface area contributed by atoms with Crippen LogP contribution in [-0.4, -0.2) is 21.0 Å². The first-order valence-corrected chi connectivity index (χ1v) is 7.79. The lowest BCUT2D eigenvalue weighted by Gasteiger charge is -2.09. The molecule has 2 heterocycles. The van der Waals surface area contributed by atoms with Crippen LogP contribution in [-0.2, 0) is 6.54 Å². The predicted molar refractivity (Wildman–Crippen MR) is 94.9 cm³/mol. The fourth-order valence-electron chi connectivity index (χ4n) is 2.27. The quantitative estimate of drug-likeness (QED) is 0.424. The summed E-state index contributed by atoms with van der Waals surface area (Å²) in [4.78, 5) is 12.6. The Balaban J connectivity index is 1.79. The Labute approximate surface area is 145 Å². The van der Waals surface area contributed by atoms with E-state index in [-0.39, 0.29) is 0 Å². The van der Waals surface area contributed by atoms with E-state index in [1.54, 1.807) is 30.7 Å². The van der Waals surface area contributed by atoms with Gasteiger partial charge in [-0.1, -0.05) is 18.2 Å². The number of pyridine rings is 2. The highest BCUT2D eigenvalue weighted by atomic mass is 16.5. The van der Waals surface area contributed by atoms with Gasteiger partial charge >= 0.3 is 0 Å². The number of aromatic nitrogens is 2. The fourth-order valence-corrected chi connectivity index (χ4v) is 2.27. The standard InChI is InChI=1S/C19H18N4O2/c1-14-4-2-6-17(10-14)25-18-11-16(7-9-21-18)19(23-24)22-13-15-5-3-8-20-12-15/h2-12,24H,13H2,1H3,(H,22,23). The maximum atomic E-state index is 9.42. The molecule has 6 nitrogen and oxygen atoms in total. The highest BCUT2D eigenvalue weighted by molar-refractivity contribution is 5.98. The molecule has 2 aromatic heterocycles. The van der Waals surface area contributed by atoms with Gasteiger partial charge in [-0.15, -0.1) is 0 Å². The average molecular weight is 334 g/mol. The number of rotatable bonds is 5. The third-order valence-electron chi connectivity index (χ3n) is 3.47. The molecule has 126 valence electrons. The minimum absolute atomic E-state index is 0.334. The lowest BCUT2D eigenvalue weighted by Crippen LogP contribution is -2.20. The highest BCUT2D eigenvalue weighted by Gasteiger charge is 2.06. The molecule has 0 aliphatic carbocycles. The van der Waals surface area contributed by atoms with E-state index in [1.165, 1.54) is 0 Å². The Bertz CT molecular complexity index is 866. The first-order valence-electron chi connectivity index (χ1n) is 7.79. The minimum Gasteiger partial charge on any atom is -0.439 e. The van der Waals surface area contributed by atoms with E-state index in [1.807, 2.05) is 43.3 Å². The molecule has 0 saturated carbocycles. The molecule has 25 heavy (non-hydrogen) atoms. The van der Waals surface area contributed by atoms with Crippen LogP contribution in [0.25, 0.3) is 0 Å². The summed E-state index contributed by atoms with van der Waals surface area (Å²) in [6.07, 6.45) is 5.05. The second-order valence-electron chi connectivity index (χ2n) is 5.44. The van der Waals surface area contributed by atoms with E-state index in [2.05, 4.69) is 20.4 Å². The van der Waals surface area contributed by atoms with Crippen molar-refractivity contribution >= 4 is 5.84 Å². The number of aliphatic imine (C=N–C) groups is 1. The molecule has 0 atom stereocenters. The van der Waals surface area contributed by atoms with Gasteiger partial charge in [0.15, 0.2) is 5.84 Å². The van der Waals surface area contributed by atoms with Gasteiger partial charge in [-0.3, -0.25) is 20.7 Å². The molecule has 0 unspecified atom stereocenters. The summed E-state index contributed by atoms with van der Waals surface area (Å²) in [5, 5.41) is 9.42. The average Bonchev–Trinajstić information content (AvgIpc) is 2.63. The zero-order chi connectivity index (χ0) is 17.5. The van der Waals surface area contributed by atoms with Crippen molar-refractivity contribution in [3.63, 3.8) is 0 Å². The van der Waals surface area contributed by atoms with E-state index in [0.29, 0.717) is 29.6 Å². The first kappa shape index (κ1) is 16.6. The van der Waals surface area contributed by atoms with Gasteiger partial charge < -0.3 is 4.74 Å². The molecule has 6 heteroatoms. The first-order chi connectivity index (χ1) is 12.2. The van der Waals surface area contributed by atoms with Crippen molar-refractivity contribution in [3.05, 3.63) is 83.8 Å². The van der Waals surface area contributed by atoms with Crippen LogP contribution < -0.4 is 10.2 Å². The van der Waals surface area contributed by atoms with Crippen molar-refractivity contribution in [2.75, 3.05) is 0 Å². The number of ether oxygens (including phenoxy) is 1. The van der Waals surface area contributed by atoms with E-state index >= 15 is 0 Å². The van der Waals surface area contributed by atoms with Crippen molar-refractivity contribution in [2.45, 2.75) is 13.5 Å². The van der Waals surface area contributed by atoms with Crippen molar-refractivity contribution in [1.82, 2.24) is 15.4 Å². The SMILES string of the molecule is Cc1cccc(Oc2cc(C(=NCc3cccnc3)NO)ccn2)c1. The molecule has 0 fully saturated rings. The molecule has 3 aromatic rings. The zero-order valence-electron chi connectivity index (χ0n) is 13.8. The third kappa shape index (κ3) is 4.62. The van der Waals surface area contributed by atoms with Crippen LogP contribution in [0.5, 0.6) is 11.6 Å². The predicted octanol–water partition coefficient (Wildman–Crippen LogP) is 3.50. The molecule has 0 amide bonds. The molecular weight excluding hydrogens is 316 g/mol. The monoisotopic (exact) mass is 334 g/mol. The fraction of sp³-hybridized carbons (Fsp3) is 0.105. The second-order valence-corrected chi connectivity index (χ2v) is 5.44. The van der Waals surface area contributed by atoms with E-state index in [9.17, 15) is 5.21 Å². The number of hydrogen-bond acceptors (Lipinski definition) is 5. The van der Waals surface area contributed by atoms with Crippen LogP contribution in [0.15, 0.2) is 72.1 Å². The normalized spacial score (nSPS) is 11.2. The topological polar surface area (TPSA) is 79.6 Å². The maximum Gasteiger partial charge on any atom is 0.219 e. The molecule has 0 saturated heterocycles. The molecular formula is C19H18N4O2. The number of hydroxylamine groups is 1. The van der Waals surface area contributed by atoms with Gasteiger partial charge in [0.1, 0.15) is 5.75 Å². The number of aryl methyl sites for hydroxylation is 1. The van der Waals surface area contributed by atoms with Gasteiger partial charge in [0, 0.05) is 30.2 Å². The second kappa shape index (κ2) is 8.03. The van der Waals surface area contributed by atoms with Gasteiger partial charge in [-0.25, -0.2) is 4.98 Å². The van der Waals surface area contributed by atoms with E-state index in [4.69, 9.17) is 4.74 Å². The summed E-state index contributed by atoms with van der Waals surface area (Å²) in [5.74, 6) is 1.46. The Morgan fingerprint density at radius 2 is 2.08 bits per heavy atom. The summed E-state index contributed by atoms with van der Waals surface area (Å²) in [6.45, 7) is 2.39. The van der Waals surface area contributed by atoms with Gasteiger partial charge in [-0.2, -0.15) is 0 Å². The van der Waals surface area contributed by atoms with Crippen LogP contribution in [0, 0.1) is 6.92 Å². The highest BCUT2D eigenvalue weighted by Crippen LogP contribution is 2.21. The molecule has 3 rings (SSSR count). The summed E-state index contributed by atoms with van der Waals surface area (Å²) in [5.41, 5.74) is 4.85. The molecule has 2 N–H and O–H groups in total. The van der Waals surface area contributed by atoms with Crippen molar-refractivity contribution < 1.29 is 9.94 Å². The smallest absolute Gasteiger partial charge is 0.219 e. The zero-order valence-corrected chi connectivity index (χ0v) is 13.8. The van der Waals surface area contributed by atoms with E-state index in [0.717, 1.165) is 11.1 Å². The molecule has 1 aromatic carbocycles. The molecule has 0 aliphatic rings. The van der Waals surface area contributed by atoms with Crippen LogP contribution in [0.4, 0.5) is 0 Å². The number of benzene rings is 1.